The number of likely N-dealkylation sites (tertiary alicyclic amines) is 1. The third-order valence-corrected chi connectivity index (χ3v) is 5.45. The van der Waals surface area contributed by atoms with Crippen molar-refractivity contribution >= 4 is 23.5 Å². The van der Waals surface area contributed by atoms with E-state index in [1.807, 2.05) is 0 Å². The Morgan fingerprint density at radius 1 is 1.26 bits per heavy atom. The van der Waals surface area contributed by atoms with Gasteiger partial charge in [0.25, 0.3) is 5.91 Å². The number of primary amides is 1. The first-order valence-electron chi connectivity index (χ1n) is 10.3. The molecule has 0 spiro atoms. The molecule has 2 amide bonds. The summed E-state index contributed by atoms with van der Waals surface area (Å²) in [6, 6.07) is 6.99. The van der Waals surface area contributed by atoms with Gasteiger partial charge < -0.3 is 20.7 Å². The Balaban J connectivity index is 1.72. The van der Waals surface area contributed by atoms with Crippen molar-refractivity contribution in [1.82, 2.24) is 14.7 Å². The Kier molecular flexibility index (Phi) is 7.60. The van der Waals surface area contributed by atoms with Crippen LogP contribution >= 0.6 is 0 Å². The highest BCUT2D eigenvalue weighted by molar-refractivity contribution is 5.98. The summed E-state index contributed by atoms with van der Waals surface area (Å²) in [5.74, 6) is -1.21. The van der Waals surface area contributed by atoms with Gasteiger partial charge in [-0.25, -0.2) is 9.18 Å². The number of aromatic nitrogens is 2. The van der Waals surface area contributed by atoms with Crippen LogP contribution in [0, 0.1) is 23.1 Å². The molecule has 1 fully saturated rings. The smallest absolute Gasteiger partial charge is 0.422 e. The van der Waals surface area contributed by atoms with Crippen molar-refractivity contribution in [2.45, 2.75) is 31.5 Å². The first kappa shape index (κ1) is 24.8. The van der Waals surface area contributed by atoms with Crippen molar-refractivity contribution in [1.29, 1.82) is 5.26 Å². The Morgan fingerprint density at radius 2 is 1.91 bits per heavy atom. The van der Waals surface area contributed by atoms with Crippen LogP contribution in [-0.2, 0) is 4.74 Å². The van der Waals surface area contributed by atoms with Crippen LogP contribution in [0.3, 0.4) is 0 Å². The molecule has 34 heavy (non-hydrogen) atoms. The zero-order valence-corrected chi connectivity index (χ0v) is 17.9. The molecule has 182 valence electrons. The molecule has 2 heterocycles. The van der Waals surface area contributed by atoms with Crippen molar-refractivity contribution < 1.29 is 31.9 Å². The number of nitriles is 1. The largest absolute Gasteiger partial charge is 0.440 e. The van der Waals surface area contributed by atoms with Gasteiger partial charge in [-0.1, -0.05) is 0 Å². The fraction of sp³-hybridized carbons (Fsp3) is 0.429. The average molecular weight is 482 g/mol. The second-order valence-corrected chi connectivity index (χ2v) is 7.79. The number of nitrogens with zero attached hydrogens (tertiary/aromatic N) is 4. The van der Waals surface area contributed by atoms with Crippen LogP contribution in [0.1, 0.15) is 35.7 Å². The summed E-state index contributed by atoms with van der Waals surface area (Å²) in [6.45, 7) is -1.36. The Morgan fingerprint density at radius 3 is 2.47 bits per heavy atom. The first-order valence-corrected chi connectivity index (χ1v) is 10.3. The molecule has 2 aromatic rings. The third-order valence-electron chi connectivity index (χ3n) is 5.45. The number of ether oxygens (including phenoxy) is 1. The molecule has 1 aromatic carbocycles. The molecule has 0 aliphatic carbocycles. The maximum absolute atomic E-state index is 13.2. The number of hydrogen-bond acceptors (Lipinski definition) is 6. The number of piperidine rings is 1. The zero-order chi connectivity index (χ0) is 24.9. The number of nitrogens with two attached hydrogens (primary N) is 1. The van der Waals surface area contributed by atoms with Gasteiger partial charge in [-0.15, -0.1) is 0 Å². The van der Waals surface area contributed by atoms with Gasteiger partial charge in [0.2, 0.25) is 0 Å². The number of anilines is 2. The summed E-state index contributed by atoms with van der Waals surface area (Å²) in [6.07, 6.45) is -3.42. The highest BCUT2D eigenvalue weighted by Gasteiger charge is 2.34. The molecule has 0 bridgehead atoms. The quantitative estimate of drug-likeness (QED) is 0.579. The number of nitrogens with one attached hydrogen (secondary N) is 1. The average Bonchev–Trinajstić information content (AvgIpc) is 3.21. The van der Waals surface area contributed by atoms with Crippen LogP contribution in [0.2, 0.25) is 0 Å². The molecule has 1 atom stereocenters. The summed E-state index contributed by atoms with van der Waals surface area (Å²) in [5.41, 5.74) is 6.01. The van der Waals surface area contributed by atoms with E-state index in [9.17, 15) is 32.4 Å². The van der Waals surface area contributed by atoms with Crippen molar-refractivity contribution in [3.8, 4) is 6.07 Å². The summed E-state index contributed by atoms with van der Waals surface area (Å²) < 4.78 is 55.8. The van der Waals surface area contributed by atoms with Crippen LogP contribution in [0.4, 0.5) is 33.9 Å². The van der Waals surface area contributed by atoms with E-state index >= 15 is 0 Å². The van der Waals surface area contributed by atoms with Crippen LogP contribution in [-0.4, -0.2) is 52.6 Å². The van der Waals surface area contributed by atoms with Crippen molar-refractivity contribution in [3.63, 3.8) is 0 Å². The SMILES string of the molecule is N#CC[C@@H](C1CCN(C(=O)OCC(F)(F)F)CC1)n1cc(C(N)=O)c(Nc2ccc(F)cc2)n1. The van der Waals surface area contributed by atoms with Gasteiger partial charge in [-0.3, -0.25) is 9.48 Å². The van der Waals surface area contributed by atoms with E-state index in [0.29, 0.717) is 18.5 Å². The zero-order valence-electron chi connectivity index (χ0n) is 17.9. The van der Waals surface area contributed by atoms with E-state index in [1.165, 1.54) is 40.0 Å². The second-order valence-electron chi connectivity index (χ2n) is 7.79. The molecule has 1 aliphatic rings. The Bertz CT molecular complexity index is 1060. The van der Waals surface area contributed by atoms with E-state index in [0.717, 1.165) is 0 Å². The highest BCUT2D eigenvalue weighted by Crippen LogP contribution is 2.33. The molecule has 1 aliphatic heterocycles. The molecule has 0 saturated carbocycles. The van der Waals surface area contributed by atoms with Crippen LogP contribution in [0.25, 0.3) is 0 Å². The first-order chi connectivity index (χ1) is 16.1. The minimum Gasteiger partial charge on any atom is -0.440 e. The van der Waals surface area contributed by atoms with Crippen LogP contribution in [0.5, 0.6) is 0 Å². The highest BCUT2D eigenvalue weighted by atomic mass is 19.4. The number of benzene rings is 1. The van der Waals surface area contributed by atoms with E-state index in [-0.39, 0.29) is 36.8 Å². The van der Waals surface area contributed by atoms with Gasteiger partial charge >= 0.3 is 12.3 Å². The minimum atomic E-state index is -4.61. The standard InChI is InChI=1S/C21H22F4N6O3/c22-14-1-3-15(4-2-14)28-19-16(18(27)32)11-31(29-19)17(5-8-26)13-6-9-30(10-7-13)20(33)34-12-21(23,24)25/h1-4,11,13,17H,5-7,9-10,12H2,(H2,27,32)(H,28,29)/t17-/m0/s1. The lowest BCUT2D eigenvalue weighted by Gasteiger charge is -2.35. The number of rotatable bonds is 7. The summed E-state index contributed by atoms with van der Waals surface area (Å²) in [7, 11) is 0. The van der Waals surface area contributed by atoms with Gasteiger partial charge in [-0.2, -0.15) is 23.5 Å². The van der Waals surface area contributed by atoms with Gasteiger partial charge in [-0.05, 0) is 43.0 Å². The predicted octanol–water partition coefficient (Wildman–Crippen LogP) is 3.73. The Hall–Kier alpha value is -3.82. The minimum absolute atomic E-state index is 0.0407. The maximum atomic E-state index is 13.2. The molecule has 3 N–H and O–H groups in total. The number of carbonyl (C=O) groups is 2. The number of alkyl halides is 3. The summed E-state index contributed by atoms with van der Waals surface area (Å²) in [5, 5.41) is 16.6. The summed E-state index contributed by atoms with van der Waals surface area (Å²) >= 11 is 0. The molecule has 0 radical (unpaired) electrons. The fourth-order valence-electron chi connectivity index (χ4n) is 3.78. The van der Waals surface area contributed by atoms with Crippen molar-refractivity contribution in [2.75, 3.05) is 25.0 Å². The molecular formula is C21H22F4N6O3. The molecule has 3 rings (SSSR count). The van der Waals surface area contributed by atoms with E-state index < -0.39 is 36.6 Å². The number of carbonyl (C=O) groups excluding carboxylic acids is 2. The van der Waals surface area contributed by atoms with E-state index in [2.05, 4.69) is 21.2 Å². The van der Waals surface area contributed by atoms with Gasteiger partial charge in [0.1, 0.15) is 11.4 Å². The van der Waals surface area contributed by atoms with E-state index in [4.69, 9.17) is 5.73 Å². The lowest BCUT2D eigenvalue weighted by atomic mass is 9.88. The van der Waals surface area contributed by atoms with Gasteiger partial charge in [0.15, 0.2) is 12.4 Å². The van der Waals surface area contributed by atoms with Gasteiger partial charge in [0.05, 0.1) is 18.5 Å². The molecule has 13 heteroatoms. The number of halogens is 4. The monoisotopic (exact) mass is 482 g/mol. The van der Waals surface area contributed by atoms with Crippen molar-refractivity contribution in [2.24, 2.45) is 11.7 Å². The number of amides is 2. The number of hydrogen-bond donors (Lipinski definition) is 2. The molecule has 9 nitrogen and oxygen atoms in total. The topological polar surface area (TPSA) is 126 Å². The molecular weight excluding hydrogens is 460 g/mol. The van der Waals surface area contributed by atoms with Crippen molar-refractivity contribution in [3.05, 3.63) is 41.8 Å². The lowest BCUT2D eigenvalue weighted by Crippen LogP contribution is -2.41. The Labute approximate surface area is 192 Å². The lowest BCUT2D eigenvalue weighted by molar-refractivity contribution is -0.162. The maximum Gasteiger partial charge on any atom is 0.422 e. The van der Waals surface area contributed by atoms with Gasteiger partial charge in [0, 0.05) is 25.0 Å². The normalized spacial score (nSPS) is 15.4. The van der Waals surface area contributed by atoms with E-state index in [1.54, 1.807) is 0 Å². The third kappa shape index (κ3) is 6.37. The van der Waals surface area contributed by atoms with Crippen LogP contribution < -0.4 is 11.1 Å². The summed E-state index contributed by atoms with van der Waals surface area (Å²) in [4.78, 5) is 25.0. The fourth-order valence-corrected chi connectivity index (χ4v) is 3.78. The molecule has 0 unspecified atom stereocenters. The predicted molar refractivity (Wildman–Crippen MR) is 111 cm³/mol. The molecule has 1 aromatic heterocycles. The molecule has 1 saturated heterocycles. The van der Waals surface area contributed by atoms with Crippen LogP contribution in [0.15, 0.2) is 30.5 Å². The second kappa shape index (κ2) is 10.4.